The topological polar surface area (TPSA) is 102 Å². The minimum Gasteiger partial charge on any atom is -0.507 e. The van der Waals surface area contributed by atoms with Gasteiger partial charge < -0.3 is 19.9 Å². The quantitative estimate of drug-likeness (QED) is 0.492. The fraction of sp³-hybridized carbons (Fsp3) is 0.350. The Morgan fingerprint density at radius 3 is 2.69 bits per heavy atom. The van der Waals surface area contributed by atoms with Crippen molar-refractivity contribution < 1.29 is 29.0 Å². The number of aromatic hydroxyl groups is 1. The van der Waals surface area contributed by atoms with Crippen LogP contribution in [-0.4, -0.2) is 36.7 Å². The molecular weight excluding hydrogens is 462 g/mol. The Labute approximate surface area is 180 Å². The Morgan fingerprint density at radius 1 is 1.17 bits per heavy atom. The Balaban J connectivity index is 1.71. The number of fused-ring (bicyclic) bond motifs is 1. The van der Waals surface area contributed by atoms with E-state index in [0.717, 1.165) is 42.5 Å². The second-order valence-corrected chi connectivity index (χ2v) is 8.57. The molecular formula is C20H20BrNO6S. The van der Waals surface area contributed by atoms with Crippen LogP contribution in [0.2, 0.25) is 0 Å². The number of benzene rings is 1. The third-order valence-corrected chi connectivity index (χ3v) is 6.28. The number of carbonyl (C=O) groups excluding carboxylic acids is 3. The fourth-order valence-electron chi connectivity index (χ4n) is 3.19. The number of halogens is 1. The Bertz CT molecular complexity index is 955. The lowest BCUT2D eigenvalue weighted by Gasteiger charge is -2.09. The molecule has 1 amide bonds. The molecule has 154 valence electrons. The molecule has 0 atom stereocenters. The number of thiophene rings is 1. The number of amides is 1. The molecule has 1 aromatic heterocycles. The third kappa shape index (κ3) is 4.97. The van der Waals surface area contributed by atoms with Gasteiger partial charge in [0.2, 0.25) is 0 Å². The zero-order chi connectivity index (χ0) is 21.0. The van der Waals surface area contributed by atoms with E-state index in [0.29, 0.717) is 15.0 Å². The molecule has 2 aromatic rings. The number of hydrogen-bond donors (Lipinski definition) is 2. The van der Waals surface area contributed by atoms with Crippen LogP contribution >= 0.6 is 27.3 Å². The molecule has 0 radical (unpaired) electrons. The first-order valence-electron chi connectivity index (χ1n) is 9.09. The molecule has 0 spiro atoms. The molecule has 1 aromatic carbocycles. The molecule has 3 rings (SSSR count). The van der Waals surface area contributed by atoms with Crippen LogP contribution in [-0.2, 0) is 27.1 Å². The number of esters is 2. The summed E-state index contributed by atoms with van der Waals surface area (Å²) in [5.74, 6) is -2.13. The van der Waals surface area contributed by atoms with Gasteiger partial charge in [-0.3, -0.25) is 4.79 Å². The molecule has 2 N–H and O–H groups in total. The van der Waals surface area contributed by atoms with Crippen LogP contribution in [0, 0.1) is 0 Å². The van der Waals surface area contributed by atoms with Crippen molar-refractivity contribution in [1.29, 1.82) is 0 Å². The highest BCUT2D eigenvalue weighted by Crippen LogP contribution is 2.38. The number of rotatable bonds is 5. The highest BCUT2D eigenvalue weighted by Gasteiger charge is 2.26. The fourth-order valence-corrected chi connectivity index (χ4v) is 4.85. The average Bonchev–Trinajstić information content (AvgIpc) is 2.87. The van der Waals surface area contributed by atoms with E-state index >= 15 is 0 Å². The highest BCUT2D eigenvalue weighted by molar-refractivity contribution is 9.10. The molecule has 29 heavy (non-hydrogen) atoms. The van der Waals surface area contributed by atoms with Gasteiger partial charge in [-0.15, -0.1) is 11.3 Å². The maximum Gasteiger partial charge on any atom is 0.342 e. The average molecular weight is 482 g/mol. The summed E-state index contributed by atoms with van der Waals surface area (Å²) < 4.78 is 10.5. The highest BCUT2D eigenvalue weighted by atomic mass is 79.9. The van der Waals surface area contributed by atoms with E-state index in [-0.39, 0.29) is 11.3 Å². The summed E-state index contributed by atoms with van der Waals surface area (Å²) in [5, 5.41) is 12.9. The van der Waals surface area contributed by atoms with Gasteiger partial charge in [0, 0.05) is 9.35 Å². The summed E-state index contributed by atoms with van der Waals surface area (Å²) in [5.41, 5.74) is 1.27. The maximum atomic E-state index is 12.3. The molecule has 0 fully saturated rings. The number of phenols is 1. The van der Waals surface area contributed by atoms with Gasteiger partial charge >= 0.3 is 11.9 Å². The molecule has 7 nitrogen and oxygen atoms in total. The Kier molecular flexibility index (Phi) is 6.92. The van der Waals surface area contributed by atoms with E-state index in [1.807, 2.05) is 0 Å². The number of carbonyl (C=O) groups is 3. The monoisotopic (exact) mass is 481 g/mol. The van der Waals surface area contributed by atoms with E-state index in [1.165, 1.54) is 30.6 Å². The van der Waals surface area contributed by atoms with Crippen molar-refractivity contribution in [3.63, 3.8) is 0 Å². The minimum atomic E-state index is -0.825. The lowest BCUT2D eigenvalue weighted by atomic mass is 10.1. The summed E-state index contributed by atoms with van der Waals surface area (Å²) in [6, 6.07) is 4.33. The molecule has 0 bridgehead atoms. The number of anilines is 1. The van der Waals surface area contributed by atoms with Gasteiger partial charge in [0.15, 0.2) is 6.61 Å². The van der Waals surface area contributed by atoms with Crippen molar-refractivity contribution in [2.75, 3.05) is 19.0 Å². The van der Waals surface area contributed by atoms with E-state index in [4.69, 9.17) is 9.47 Å². The van der Waals surface area contributed by atoms with Gasteiger partial charge in [-0.25, -0.2) is 9.59 Å². The van der Waals surface area contributed by atoms with Crippen LogP contribution < -0.4 is 5.32 Å². The van der Waals surface area contributed by atoms with Crippen LogP contribution in [0.15, 0.2) is 22.7 Å². The minimum absolute atomic E-state index is 0.0507. The van der Waals surface area contributed by atoms with Crippen LogP contribution in [0.3, 0.4) is 0 Å². The number of hydrogen-bond acceptors (Lipinski definition) is 7. The van der Waals surface area contributed by atoms with Gasteiger partial charge in [0.05, 0.1) is 12.7 Å². The maximum absolute atomic E-state index is 12.3. The van der Waals surface area contributed by atoms with Crippen molar-refractivity contribution >= 4 is 50.1 Å². The molecule has 1 heterocycles. The summed E-state index contributed by atoms with van der Waals surface area (Å²) >= 11 is 4.57. The van der Waals surface area contributed by atoms with Crippen molar-refractivity contribution in [2.24, 2.45) is 0 Å². The first-order valence-corrected chi connectivity index (χ1v) is 10.7. The molecule has 0 aliphatic heterocycles. The largest absolute Gasteiger partial charge is 0.507 e. The van der Waals surface area contributed by atoms with E-state index in [2.05, 4.69) is 21.2 Å². The SMILES string of the molecule is COC(=O)c1c(NC(=O)COC(=O)c2cc(Br)ccc2O)sc2c1CCCCC2. The molecule has 0 unspecified atom stereocenters. The lowest BCUT2D eigenvalue weighted by molar-refractivity contribution is -0.119. The first-order chi connectivity index (χ1) is 13.9. The van der Waals surface area contributed by atoms with Gasteiger partial charge in [-0.05, 0) is 49.4 Å². The van der Waals surface area contributed by atoms with Gasteiger partial charge in [0.1, 0.15) is 16.3 Å². The van der Waals surface area contributed by atoms with Gasteiger partial charge in [0.25, 0.3) is 5.91 Å². The summed E-state index contributed by atoms with van der Waals surface area (Å²) in [7, 11) is 1.31. The zero-order valence-corrected chi connectivity index (χ0v) is 18.2. The smallest absolute Gasteiger partial charge is 0.342 e. The van der Waals surface area contributed by atoms with E-state index < -0.39 is 24.5 Å². The standard InChI is InChI=1S/C20H20BrNO6S/c1-27-20(26)17-12-5-3-2-4-6-15(12)29-18(17)22-16(24)10-28-19(25)13-9-11(21)7-8-14(13)23/h7-9,23H,2-6,10H2,1H3,(H,22,24). The third-order valence-electron chi connectivity index (χ3n) is 4.58. The zero-order valence-electron chi connectivity index (χ0n) is 15.7. The first kappa shape index (κ1) is 21.3. The van der Waals surface area contributed by atoms with Crippen LogP contribution in [0.5, 0.6) is 5.75 Å². The summed E-state index contributed by atoms with van der Waals surface area (Å²) in [4.78, 5) is 37.9. The predicted molar refractivity (Wildman–Crippen MR) is 112 cm³/mol. The molecule has 1 aliphatic carbocycles. The summed E-state index contributed by atoms with van der Waals surface area (Å²) in [6.45, 7) is -0.548. The van der Waals surface area contributed by atoms with E-state index in [9.17, 15) is 19.5 Å². The number of aryl methyl sites for hydroxylation is 1. The normalized spacial score (nSPS) is 13.2. The van der Waals surface area contributed by atoms with Gasteiger partial charge in [-0.1, -0.05) is 22.4 Å². The van der Waals surface area contributed by atoms with Crippen molar-refractivity contribution in [3.8, 4) is 5.75 Å². The number of methoxy groups -OCH3 is 1. The van der Waals surface area contributed by atoms with Crippen LogP contribution in [0.1, 0.15) is 50.4 Å². The molecule has 1 aliphatic rings. The van der Waals surface area contributed by atoms with Crippen molar-refractivity contribution in [3.05, 3.63) is 44.2 Å². The molecule has 9 heteroatoms. The number of phenolic OH excluding ortho intramolecular Hbond substituents is 1. The van der Waals surface area contributed by atoms with E-state index in [1.54, 1.807) is 6.07 Å². The van der Waals surface area contributed by atoms with Crippen molar-refractivity contribution in [2.45, 2.75) is 32.1 Å². The summed E-state index contributed by atoms with van der Waals surface area (Å²) in [6.07, 6.45) is 4.74. The van der Waals surface area contributed by atoms with Gasteiger partial charge in [-0.2, -0.15) is 0 Å². The Morgan fingerprint density at radius 2 is 1.93 bits per heavy atom. The molecule has 0 saturated heterocycles. The van der Waals surface area contributed by atoms with Crippen LogP contribution in [0.4, 0.5) is 5.00 Å². The second-order valence-electron chi connectivity index (χ2n) is 6.55. The lowest BCUT2D eigenvalue weighted by Crippen LogP contribution is -2.21. The number of nitrogens with one attached hydrogen (secondary N) is 1. The predicted octanol–water partition coefficient (Wildman–Crippen LogP) is 4.07. The van der Waals surface area contributed by atoms with Crippen LogP contribution in [0.25, 0.3) is 0 Å². The Hall–Kier alpha value is -2.39. The van der Waals surface area contributed by atoms with Crippen molar-refractivity contribution in [1.82, 2.24) is 0 Å². The molecule has 0 saturated carbocycles. The number of ether oxygens (including phenoxy) is 2. The second kappa shape index (κ2) is 9.41.